The zero-order valence-corrected chi connectivity index (χ0v) is 15.8. The van der Waals surface area contributed by atoms with Crippen molar-refractivity contribution in [2.24, 2.45) is 0 Å². The molecule has 6 heteroatoms. The minimum Gasteiger partial charge on any atom is -0.497 e. The molecule has 0 saturated carbocycles. The lowest BCUT2D eigenvalue weighted by molar-refractivity contribution is 0.0723. The van der Waals surface area contributed by atoms with Crippen LogP contribution in [0.1, 0.15) is 23.7 Å². The van der Waals surface area contributed by atoms with Crippen LogP contribution < -0.4 is 9.46 Å². The lowest BCUT2D eigenvalue weighted by Crippen LogP contribution is -2.26. The van der Waals surface area contributed by atoms with Gasteiger partial charge in [-0.2, -0.15) is 0 Å². The van der Waals surface area contributed by atoms with Crippen molar-refractivity contribution < 1.29 is 17.9 Å². The Labute approximate surface area is 155 Å². The molecule has 0 radical (unpaired) electrons. The van der Waals surface area contributed by atoms with E-state index in [1.165, 1.54) is 0 Å². The normalized spacial score (nSPS) is 12.3. The summed E-state index contributed by atoms with van der Waals surface area (Å²) in [6, 6.07) is 14.1. The van der Waals surface area contributed by atoms with Gasteiger partial charge in [0.1, 0.15) is 12.4 Å². The Bertz CT molecular complexity index is 837. The molecule has 1 atom stereocenters. The van der Waals surface area contributed by atoms with Gasteiger partial charge in [0.05, 0.1) is 18.1 Å². The Balaban J connectivity index is 2.02. The average Bonchev–Trinajstić information content (AvgIpc) is 2.65. The van der Waals surface area contributed by atoms with Gasteiger partial charge in [-0.1, -0.05) is 35.7 Å². The molecule has 0 spiro atoms. The standard InChI is InChI=1S/C20H23NO4S/c1-4-15-25-20(17-7-9-18(24-3)10-8-17)13-14-21-26(22,23)19-11-5-16(2)6-12-19/h1,5-12,20-21H,13-15H2,2-3H3. The van der Waals surface area contributed by atoms with E-state index in [1.54, 1.807) is 31.4 Å². The Morgan fingerprint density at radius 3 is 2.35 bits per heavy atom. The van der Waals surface area contributed by atoms with E-state index in [0.29, 0.717) is 6.42 Å². The number of sulfonamides is 1. The van der Waals surface area contributed by atoms with Gasteiger partial charge in [-0.25, -0.2) is 13.1 Å². The maximum absolute atomic E-state index is 12.4. The highest BCUT2D eigenvalue weighted by atomic mass is 32.2. The molecular formula is C20H23NO4S. The first kappa shape index (κ1) is 20.0. The maximum atomic E-state index is 12.4. The van der Waals surface area contributed by atoms with Crippen molar-refractivity contribution in [1.29, 1.82) is 0 Å². The molecule has 0 fully saturated rings. The van der Waals surface area contributed by atoms with Crippen molar-refractivity contribution in [2.45, 2.75) is 24.3 Å². The van der Waals surface area contributed by atoms with Gasteiger partial charge in [-0.3, -0.25) is 0 Å². The van der Waals surface area contributed by atoms with Crippen LogP contribution >= 0.6 is 0 Å². The molecule has 1 unspecified atom stereocenters. The lowest BCUT2D eigenvalue weighted by Gasteiger charge is -2.18. The SMILES string of the molecule is C#CCOC(CCNS(=O)(=O)c1ccc(C)cc1)c1ccc(OC)cc1. The van der Waals surface area contributed by atoms with Crippen molar-refractivity contribution in [3.05, 3.63) is 59.7 Å². The highest BCUT2D eigenvalue weighted by Gasteiger charge is 2.16. The van der Waals surface area contributed by atoms with Gasteiger partial charge in [-0.15, -0.1) is 6.42 Å². The van der Waals surface area contributed by atoms with Gasteiger partial charge in [0.2, 0.25) is 10.0 Å². The van der Waals surface area contributed by atoms with Crippen molar-refractivity contribution in [3.63, 3.8) is 0 Å². The van der Waals surface area contributed by atoms with Crippen LogP contribution in [0.5, 0.6) is 5.75 Å². The first-order chi connectivity index (χ1) is 12.5. The third kappa shape index (κ3) is 5.60. The Hall–Kier alpha value is -2.33. The quantitative estimate of drug-likeness (QED) is 0.686. The van der Waals surface area contributed by atoms with E-state index < -0.39 is 10.0 Å². The third-order valence-corrected chi connectivity index (χ3v) is 5.36. The number of rotatable bonds is 9. The van der Waals surface area contributed by atoms with E-state index in [4.69, 9.17) is 15.9 Å². The summed E-state index contributed by atoms with van der Waals surface area (Å²) in [5, 5.41) is 0. The fourth-order valence-corrected chi connectivity index (χ4v) is 3.49. The van der Waals surface area contributed by atoms with Crippen LogP contribution in [0.2, 0.25) is 0 Å². The molecule has 0 aliphatic rings. The van der Waals surface area contributed by atoms with Gasteiger partial charge in [0.25, 0.3) is 0 Å². The van der Waals surface area contributed by atoms with E-state index in [-0.39, 0.29) is 24.2 Å². The molecule has 2 aromatic carbocycles. The number of aryl methyl sites for hydroxylation is 1. The summed E-state index contributed by atoms with van der Waals surface area (Å²) in [7, 11) is -1.95. The van der Waals surface area contributed by atoms with Crippen molar-refractivity contribution >= 4 is 10.0 Å². The monoisotopic (exact) mass is 373 g/mol. The first-order valence-electron chi connectivity index (χ1n) is 8.21. The van der Waals surface area contributed by atoms with E-state index in [9.17, 15) is 8.42 Å². The summed E-state index contributed by atoms with van der Waals surface area (Å²) >= 11 is 0. The van der Waals surface area contributed by atoms with Gasteiger partial charge < -0.3 is 9.47 Å². The van der Waals surface area contributed by atoms with Crippen LogP contribution in [0.3, 0.4) is 0 Å². The summed E-state index contributed by atoms with van der Waals surface area (Å²) in [4.78, 5) is 0.244. The fraction of sp³-hybridized carbons (Fsp3) is 0.300. The summed E-state index contributed by atoms with van der Waals surface area (Å²) in [5.41, 5.74) is 1.92. The van der Waals surface area contributed by atoms with Gasteiger partial charge in [0, 0.05) is 6.54 Å². The molecule has 0 saturated heterocycles. The van der Waals surface area contributed by atoms with Crippen LogP contribution in [-0.4, -0.2) is 28.7 Å². The zero-order chi connectivity index (χ0) is 19.0. The Morgan fingerprint density at radius 2 is 1.77 bits per heavy atom. The number of benzene rings is 2. The summed E-state index contributed by atoms with van der Waals surface area (Å²) in [6.45, 7) is 2.30. The van der Waals surface area contributed by atoms with Gasteiger partial charge >= 0.3 is 0 Å². The largest absolute Gasteiger partial charge is 0.497 e. The molecule has 0 amide bonds. The maximum Gasteiger partial charge on any atom is 0.240 e. The van der Waals surface area contributed by atoms with Crippen LogP contribution in [-0.2, 0) is 14.8 Å². The molecule has 0 aliphatic heterocycles. The summed E-state index contributed by atoms with van der Waals surface area (Å²) in [6.07, 6.45) is 5.43. The number of terminal acetylenes is 1. The molecule has 26 heavy (non-hydrogen) atoms. The molecule has 0 aliphatic carbocycles. The number of hydrogen-bond acceptors (Lipinski definition) is 4. The number of hydrogen-bond donors (Lipinski definition) is 1. The predicted octanol–water partition coefficient (Wildman–Crippen LogP) is 3.06. The van der Waals surface area contributed by atoms with Crippen LogP contribution in [0, 0.1) is 19.3 Å². The second-order valence-corrected chi connectivity index (χ2v) is 7.54. The van der Waals surface area contributed by atoms with Crippen molar-refractivity contribution in [3.8, 4) is 18.1 Å². The van der Waals surface area contributed by atoms with Crippen LogP contribution in [0.15, 0.2) is 53.4 Å². The molecule has 2 aromatic rings. The molecule has 2 rings (SSSR count). The second-order valence-electron chi connectivity index (χ2n) is 5.78. The van der Waals surface area contributed by atoms with Crippen LogP contribution in [0.4, 0.5) is 0 Å². The molecule has 0 bridgehead atoms. The second kappa shape index (κ2) is 9.39. The van der Waals surface area contributed by atoms with Crippen LogP contribution in [0.25, 0.3) is 0 Å². The average molecular weight is 373 g/mol. The molecular weight excluding hydrogens is 350 g/mol. The molecule has 138 valence electrons. The predicted molar refractivity (Wildman–Crippen MR) is 102 cm³/mol. The van der Waals surface area contributed by atoms with Gasteiger partial charge in [0.15, 0.2) is 0 Å². The minimum absolute atomic E-state index is 0.154. The van der Waals surface area contributed by atoms with E-state index in [1.807, 2.05) is 31.2 Å². The van der Waals surface area contributed by atoms with E-state index in [2.05, 4.69) is 10.6 Å². The molecule has 0 heterocycles. The minimum atomic E-state index is -3.55. The number of methoxy groups -OCH3 is 1. The topological polar surface area (TPSA) is 64.6 Å². The lowest BCUT2D eigenvalue weighted by atomic mass is 10.1. The molecule has 0 aromatic heterocycles. The summed E-state index contributed by atoms with van der Waals surface area (Å²) < 4.78 is 38.1. The molecule has 5 nitrogen and oxygen atoms in total. The summed E-state index contributed by atoms with van der Waals surface area (Å²) in [5.74, 6) is 3.18. The van der Waals surface area contributed by atoms with Crippen molar-refractivity contribution in [1.82, 2.24) is 4.72 Å². The number of nitrogens with one attached hydrogen (secondary N) is 1. The highest BCUT2D eigenvalue weighted by molar-refractivity contribution is 7.89. The van der Waals surface area contributed by atoms with E-state index >= 15 is 0 Å². The van der Waals surface area contributed by atoms with E-state index in [0.717, 1.165) is 16.9 Å². The number of ether oxygens (including phenoxy) is 2. The van der Waals surface area contributed by atoms with Crippen molar-refractivity contribution in [2.75, 3.05) is 20.3 Å². The smallest absolute Gasteiger partial charge is 0.240 e. The molecule has 1 N–H and O–H groups in total. The van der Waals surface area contributed by atoms with Gasteiger partial charge in [-0.05, 0) is 43.2 Å². The third-order valence-electron chi connectivity index (χ3n) is 3.89. The Kier molecular flexibility index (Phi) is 7.22. The Morgan fingerprint density at radius 1 is 1.12 bits per heavy atom. The highest BCUT2D eigenvalue weighted by Crippen LogP contribution is 2.23. The first-order valence-corrected chi connectivity index (χ1v) is 9.70. The zero-order valence-electron chi connectivity index (χ0n) is 14.9. The fourth-order valence-electron chi connectivity index (χ4n) is 2.44.